The molecule has 1 aliphatic rings. The van der Waals surface area contributed by atoms with Crippen LogP contribution in [0.15, 0.2) is 18.2 Å². The Kier molecular flexibility index (Phi) is 6.70. The second-order valence-corrected chi connectivity index (χ2v) is 6.75. The fraction of sp³-hybridized carbons (Fsp3) is 0.562. The topological polar surface area (TPSA) is 67.6 Å². The zero-order valence-electron chi connectivity index (χ0n) is 13.3. The number of carbonyl (C=O) groups excluding carboxylic acids is 1. The minimum Gasteiger partial charge on any atom is -0.383 e. The molecule has 0 spiro atoms. The number of methoxy groups -OCH3 is 1. The van der Waals surface area contributed by atoms with Gasteiger partial charge in [0.05, 0.1) is 6.61 Å². The van der Waals surface area contributed by atoms with Gasteiger partial charge in [0, 0.05) is 43.9 Å². The maximum atomic E-state index is 12.0. The van der Waals surface area contributed by atoms with Crippen molar-refractivity contribution in [1.29, 1.82) is 0 Å². The molecule has 3 N–H and O–H groups in total. The zero-order valence-corrected chi connectivity index (χ0v) is 14.1. The molecule has 1 aromatic carbocycles. The molecule has 22 heavy (non-hydrogen) atoms. The summed E-state index contributed by atoms with van der Waals surface area (Å²) in [7, 11) is 1.54. The third kappa shape index (κ3) is 4.71. The lowest BCUT2D eigenvalue weighted by atomic mass is 10.1. The van der Waals surface area contributed by atoms with E-state index in [0.29, 0.717) is 0 Å². The smallest absolute Gasteiger partial charge is 0.243 e. The summed E-state index contributed by atoms with van der Waals surface area (Å²) >= 11 is 2.01. The SMILES string of the molecule is COCC(N)C(=O)Nc1cccc(CN2CCSCC2)c1C. The second-order valence-electron chi connectivity index (χ2n) is 5.53. The van der Waals surface area contributed by atoms with Crippen LogP contribution in [0.2, 0.25) is 0 Å². The van der Waals surface area contributed by atoms with Crippen LogP contribution in [0.1, 0.15) is 11.1 Å². The van der Waals surface area contributed by atoms with Gasteiger partial charge in [0.1, 0.15) is 6.04 Å². The Balaban J connectivity index is 2.03. The number of rotatable bonds is 6. The normalized spacial score (nSPS) is 17.2. The van der Waals surface area contributed by atoms with Crippen LogP contribution in [0.4, 0.5) is 5.69 Å². The largest absolute Gasteiger partial charge is 0.383 e. The van der Waals surface area contributed by atoms with Crippen LogP contribution in [0.3, 0.4) is 0 Å². The van der Waals surface area contributed by atoms with Crippen molar-refractivity contribution < 1.29 is 9.53 Å². The van der Waals surface area contributed by atoms with E-state index in [4.69, 9.17) is 10.5 Å². The standard InChI is InChI=1S/C16H25N3O2S/c1-12-13(10-19-6-8-22-9-7-19)4-3-5-15(12)18-16(20)14(17)11-21-2/h3-5,14H,6-11,17H2,1-2H3,(H,18,20). The van der Waals surface area contributed by atoms with Crippen LogP contribution < -0.4 is 11.1 Å². The molecule has 6 heteroatoms. The van der Waals surface area contributed by atoms with E-state index in [1.807, 2.05) is 30.8 Å². The van der Waals surface area contributed by atoms with Gasteiger partial charge < -0.3 is 15.8 Å². The lowest BCUT2D eigenvalue weighted by Crippen LogP contribution is -2.39. The number of carbonyl (C=O) groups is 1. The van der Waals surface area contributed by atoms with Gasteiger partial charge in [-0.05, 0) is 24.1 Å². The highest BCUT2D eigenvalue weighted by Crippen LogP contribution is 2.22. The number of amides is 1. The van der Waals surface area contributed by atoms with Gasteiger partial charge in [-0.2, -0.15) is 11.8 Å². The lowest BCUT2D eigenvalue weighted by molar-refractivity contribution is -0.118. The molecular formula is C16H25N3O2S. The summed E-state index contributed by atoms with van der Waals surface area (Å²) in [6.45, 7) is 5.44. The monoisotopic (exact) mass is 323 g/mol. The molecule has 1 aliphatic heterocycles. The van der Waals surface area contributed by atoms with Gasteiger partial charge >= 0.3 is 0 Å². The van der Waals surface area contributed by atoms with Crippen molar-refractivity contribution in [1.82, 2.24) is 4.90 Å². The average Bonchev–Trinajstić information content (AvgIpc) is 2.52. The van der Waals surface area contributed by atoms with Crippen molar-refractivity contribution >= 4 is 23.4 Å². The first-order chi connectivity index (χ1) is 10.6. The number of hydrogen-bond acceptors (Lipinski definition) is 5. The van der Waals surface area contributed by atoms with Crippen LogP contribution in [0, 0.1) is 6.92 Å². The molecule has 1 amide bonds. The fourth-order valence-corrected chi connectivity index (χ4v) is 3.45. The molecule has 1 aromatic rings. The first-order valence-corrected chi connectivity index (χ1v) is 8.71. The highest BCUT2D eigenvalue weighted by molar-refractivity contribution is 7.99. The predicted molar refractivity (Wildman–Crippen MR) is 92.3 cm³/mol. The summed E-state index contributed by atoms with van der Waals surface area (Å²) in [5, 5.41) is 2.91. The van der Waals surface area contributed by atoms with Gasteiger partial charge in [0.25, 0.3) is 0 Å². The zero-order chi connectivity index (χ0) is 15.9. The molecule has 0 aliphatic carbocycles. The highest BCUT2D eigenvalue weighted by Gasteiger charge is 2.16. The molecule has 0 aromatic heterocycles. The average molecular weight is 323 g/mol. The fourth-order valence-electron chi connectivity index (χ4n) is 2.47. The van der Waals surface area contributed by atoms with Crippen LogP contribution >= 0.6 is 11.8 Å². The van der Waals surface area contributed by atoms with Gasteiger partial charge in [-0.15, -0.1) is 0 Å². The molecule has 0 radical (unpaired) electrons. The lowest BCUT2D eigenvalue weighted by Gasteiger charge is -2.27. The van der Waals surface area contributed by atoms with E-state index in [-0.39, 0.29) is 12.5 Å². The molecule has 0 bridgehead atoms. The van der Waals surface area contributed by atoms with E-state index >= 15 is 0 Å². The number of thioether (sulfide) groups is 1. The van der Waals surface area contributed by atoms with Crippen molar-refractivity contribution in [2.24, 2.45) is 5.73 Å². The Hall–Kier alpha value is -1.08. The molecular weight excluding hydrogens is 298 g/mol. The maximum Gasteiger partial charge on any atom is 0.243 e. The molecule has 5 nitrogen and oxygen atoms in total. The van der Waals surface area contributed by atoms with Crippen molar-refractivity contribution in [2.45, 2.75) is 19.5 Å². The number of benzene rings is 1. The number of nitrogens with one attached hydrogen (secondary N) is 1. The molecule has 2 rings (SSSR count). The Morgan fingerprint density at radius 3 is 2.86 bits per heavy atom. The number of hydrogen-bond donors (Lipinski definition) is 2. The Morgan fingerprint density at radius 2 is 2.18 bits per heavy atom. The van der Waals surface area contributed by atoms with E-state index < -0.39 is 6.04 Å². The van der Waals surface area contributed by atoms with Crippen molar-refractivity contribution in [3.63, 3.8) is 0 Å². The van der Waals surface area contributed by atoms with Crippen molar-refractivity contribution in [3.8, 4) is 0 Å². The quantitative estimate of drug-likeness (QED) is 0.829. The second kappa shape index (κ2) is 8.53. The van der Waals surface area contributed by atoms with Gasteiger partial charge in [-0.1, -0.05) is 12.1 Å². The number of nitrogens with two attached hydrogens (primary N) is 1. The molecule has 122 valence electrons. The minimum atomic E-state index is -0.646. The summed E-state index contributed by atoms with van der Waals surface area (Å²) in [6, 6.07) is 5.38. The third-order valence-corrected chi connectivity index (χ3v) is 4.83. The van der Waals surface area contributed by atoms with Gasteiger partial charge in [-0.3, -0.25) is 9.69 Å². The first kappa shape index (κ1) is 17.3. The van der Waals surface area contributed by atoms with E-state index in [1.54, 1.807) is 0 Å². The van der Waals surface area contributed by atoms with Crippen LogP contribution in [0.5, 0.6) is 0 Å². The Morgan fingerprint density at radius 1 is 1.45 bits per heavy atom. The van der Waals surface area contributed by atoms with Crippen LogP contribution in [-0.2, 0) is 16.1 Å². The molecule has 0 saturated carbocycles. The first-order valence-electron chi connectivity index (χ1n) is 7.55. The summed E-state index contributed by atoms with van der Waals surface area (Å²) in [5.41, 5.74) is 8.96. The molecule has 1 heterocycles. The predicted octanol–water partition coefficient (Wildman–Crippen LogP) is 1.46. The Labute approximate surface area is 136 Å². The molecule has 1 fully saturated rings. The third-order valence-electron chi connectivity index (χ3n) is 3.88. The Bertz CT molecular complexity index is 504. The molecule has 1 saturated heterocycles. The molecule has 1 atom stereocenters. The summed E-state index contributed by atoms with van der Waals surface area (Å²) in [4.78, 5) is 14.5. The highest BCUT2D eigenvalue weighted by atomic mass is 32.2. The van der Waals surface area contributed by atoms with E-state index in [9.17, 15) is 4.79 Å². The number of ether oxygens (including phenoxy) is 1. The van der Waals surface area contributed by atoms with Crippen molar-refractivity contribution in [3.05, 3.63) is 29.3 Å². The van der Waals surface area contributed by atoms with E-state index in [2.05, 4.69) is 16.3 Å². The van der Waals surface area contributed by atoms with Gasteiger partial charge in [-0.25, -0.2) is 0 Å². The summed E-state index contributed by atoms with van der Waals surface area (Å²) in [5.74, 6) is 2.18. The maximum absolute atomic E-state index is 12.0. The van der Waals surface area contributed by atoms with E-state index in [1.165, 1.54) is 24.2 Å². The number of anilines is 1. The van der Waals surface area contributed by atoms with Crippen molar-refractivity contribution in [2.75, 3.05) is 43.6 Å². The summed E-state index contributed by atoms with van der Waals surface area (Å²) in [6.07, 6.45) is 0. The molecule has 1 unspecified atom stereocenters. The minimum absolute atomic E-state index is 0.212. The summed E-state index contributed by atoms with van der Waals surface area (Å²) < 4.78 is 4.92. The van der Waals surface area contributed by atoms with Gasteiger partial charge in [0.15, 0.2) is 0 Å². The van der Waals surface area contributed by atoms with Crippen LogP contribution in [0.25, 0.3) is 0 Å². The number of nitrogens with zero attached hydrogens (tertiary/aromatic N) is 1. The van der Waals surface area contributed by atoms with Gasteiger partial charge in [0.2, 0.25) is 5.91 Å². The van der Waals surface area contributed by atoms with Crippen LogP contribution in [-0.4, -0.2) is 55.2 Å². The van der Waals surface area contributed by atoms with E-state index in [0.717, 1.165) is 30.9 Å².